The van der Waals surface area contributed by atoms with Crippen LogP contribution in [0, 0.1) is 23.0 Å². The van der Waals surface area contributed by atoms with E-state index in [4.69, 9.17) is 0 Å². The van der Waals surface area contributed by atoms with Gasteiger partial charge in [-0.1, -0.05) is 66.2 Å². The second kappa shape index (κ2) is 8.28. The summed E-state index contributed by atoms with van der Waals surface area (Å²) in [5.41, 5.74) is 8.79. The zero-order valence-electron chi connectivity index (χ0n) is 15.7. The smallest absolute Gasteiger partial charge is 0.263 e. The van der Waals surface area contributed by atoms with Crippen molar-refractivity contribution >= 4 is 0 Å². The third-order valence-electron chi connectivity index (χ3n) is 5.12. The van der Waals surface area contributed by atoms with Crippen molar-refractivity contribution in [2.24, 2.45) is 10.8 Å². The molecule has 0 spiro atoms. The minimum Gasteiger partial charge on any atom is -0.263 e. The average molecular weight is 427 g/mol. The fourth-order valence-corrected chi connectivity index (χ4v) is 2.81. The molecular formula is C20H30FeRu. The van der Waals surface area contributed by atoms with E-state index in [1.54, 1.807) is 0 Å². The third kappa shape index (κ3) is 5.05. The van der Waals surface area contributed by atoms with Gasteiger partial charge in [0.1, 0.15) is 0 Å². The quantitative estimate of drug-likeness (QED) is 0.318. The van der Waals surface area contributed by atoms with E-state index in [0.29, 0.717) is 0 Å². The summed E-state index contributed by atoms with van der Waals surface area (Å²) in [7, 11) is 0. The Kier molecular flexibility index (Phi) is 9.16. The van der Waals surface area contributed by atoms with Gasteiger partial charge in [0, 0.05) is 17.1 Å². The van der Waals surface area contributed by atoms with Crippen molar-refractivity contribution in [3.63, 3.8) is 0 Å². The first-order valence-corrected chi connectivity index (χ1v) is 7.50. The van der Waals surface area contributed by atoms with Gasteiger partial charge in [0.25, 0.3) is 0 Å². The summed E-state index contributed by atoms with van der Waals surface area (Å²) < 4.78 is 0. The number of rotatable bonds is 0. The van der Waals surface area contributed by atoms with Crippen LogP contribution in [0.15, 0.2) is 33.4 Å². The summed E-state index contributed by atoms with van der Waals surface area (Å²) in [4.78, 5) is 0. The van der Waals surface area contributed by atoms with Crippen molar-refractivity contribution in [1.29, 1.82) is 0 Å². The molecule has 0 aromatic carbocycles. The minimum atomic E-state index is 0. The van der Waals surface area contributed by atoms with Crippen LogP contribution >= 0.6 is 0 Å². The van der Waals surface area contributed by atoms with Crippen LogP contribution in [0.2, 0.25) is 0 Å². The van der Waals surface area contributed by atoms with Gasteiger partial charge in [0.05, 0.1) is 0 Å². The number of allylic oxidation sites excluding steroid dienone is 8. The second-order valence-corrected chi connectivity index (χ2v) is 7.25. The molecule has 126 valence electrons. The van der Waals surface area contributed by atoms with Crippen molar-refractivity contribution < 1.29 is 36.5 Å². The van der Waals surface area contributed by atoms with Crippen molar-refractivity contribution in [3.8, 4) is 0 Å². The molecule has 0 N–H and O–H groups in total. The van der Waals surface area contributed by atoms with Crippen LogP contribution in [-0.4, -0.2) is 0 Å². The first-order chi connectivity index (χ1) is 8.90. The van der Waals surface area contributed by atoms with Gasteiger partial charge in [-0.05, 0) is 0 Å². The molecule has 0 aromatic rings. The van der Waals surface area contributed by atoms with E-state index >= 15 is 0 Å². The minimum absolute atomic E-state index is 0. The van der Waals surface area contributed by atoms with Crippen LogP contribution in [0.5, 0.6) is 0 Å². The second-order valence-electron chi connectivity index (χ2n) is 7.25. The summed E-state index contributed by atoms with van der Waals surface area (Å²) in [5.74, 6) is 0. The van der Waals surface area contributed by atoms with E-state index in [0.717, 1.165) is 0 Å². The molecule has 0 heterocycles. The molecule has 0 nitrogen and oxygen atoms in total. The molecule has 0 unspecified atom stereocenters. The van der Waals surface area contributed by atoms with E-state index in [1.807, 2.05) is 0 Å². The average Bonchev–Trinajstić information content (AvgIpc) is 2.60. The van der Waals surface area contributed by atoms with Crippen molar-refractivity contribution in [3.05, 3.63) is 45.6 Å². The first-order valence-electron chi connectivity index (χ1n) is 7.50. The summed E-state index contributed by atoms with van der Waals surface area (Å²) in [5, 5.41) is 0. The Morgan fingerprint density at radius 2 is 0.818 bits per heavy atom. The van der Waals surface area contributed by atoms with Gasteiger partial charge in [0.2, 0.25) is 0 Å². The molecule has 0 fully saturated rings. The van der Waals surface area contributed by atoms with Crippen molar-refractivity contribution in [2.45, 2.75) is 69.2 Å². The summed E-state index contributed by atoms with van der Waals surface area (Å²) in [6.45, 7) is 21.8. The Bertz CT molecular complexity index is 490. The van der Waals surface area contributed by atoms with E-state index in [1.165, 1.54) is 33.4 Å². The molecule has 2 heteroatoms. The molecule has 2 aliphatic rings. The molecule has 0 aromatic heterocycles. The zero-order valence-corrected chi connectivity index (χ0v) is 18.5. The fourth-order valence-electron chi connectivity index (χ4n) is 2.81. The van der Waals surface area contributed by atoms with Crippen molar-refractivity contribution in [2.75, 3.05) is 0 Å². The molecular weight excluding hydrogens is 397 g/mol. The molecule has 0 saturated carbocycles. The first kappa shape index (κ1) is 24.4. The Labute approximate surface area is 161 Å². The molecule has 0 atom stereocenters. The van der Waals surface area contributed by atoms with Crippen LogP contribution < -0.4 is 0 Å². The Hall–Kier alpha value is 0.103. The topological polar surface area (TPSA) is 0 Å². The van der Waals surface area contributed by atoms with E-state index in [2.05, 4.69) is 81.4 Å². The van der Waals surface area contributed by atoms with Gasteiger partial charge < -0.3 is 0 Å². The van der Waals surface area contributed by atoms with E-state index < -0.39 is 0 Å². The largest absolute Gasteiger partial charge is 2.00 e. The Morgan fingerprint density at radius 1 is 0.591 bits per heavy atom. The van der Waals surface area contributed by atoms with E-state index in [9.17, 15) is 0 Å². The zero-order chi connectivity index (χ0) is 15.9. The van der Waals surface area contributed by atoms with E-state index in [-0.39, 0.29) is 47.4 Å². The fraction of sp³-hybridized carbons (Fsp3) is 0.600. The number of hydrogen-bond donors (Lipinski definition) is 0. The van der Waals surface area contributed by atoms with Gasteiger partial charge >= 0.3 is 19.5 Å². The van der Waals surface area contributed by atoms with Crippen LogP contribution in [0.3, 0.4) is 0 Å². The maximum absolute atomic E-state index is 3.44. The molecule has 0 bridgehead atoms. The van der Waals surface area contributed by atoms with Crippen LogP contribution in [0.1, 0.15) is 69.2 Å². The van der Waals surface area contributed by atoms with Crippen molar-refractivity contribution in [1.82, 2.24) is 0 Å². The monoisotopic (exact) mass is 428 g/mol. The standard InChI is InChI=1S/2C10H15.Fe.Ru/c2*1-7-6-10(4,5)9(3)8(7)2;;/h2*1-5H3;;/q2*-1;;+2. The predicted octanol–water partition coefficient (Wildman–Crippen LogP) is 6.22. The third-order valence-corrected chi connectivity index (χ3v) is 5.12. The summed E-state index contributed by atoms with van der Waals surface area (Å²) in [6, 6.07) is 0. The Morgan fingerprint density at radius 3 is 0.864 bits per heavy atom. The van der Waals surface area contributed by atoms with Crippen LogP contribution in [0.4, 0.5) is 0 Å². The van der Waals surface area contributed by atoms with Gasteiger partial charge in [-0.25, -0.2) is 11.1 Å². The molecule has 2 aliphatic carbocycles. The molecule has 2 rings (SSSR count). The summed E-state index contributed by atoms with van der Waals surface area (Å²) >= 11 is 0. The van der Waals surface area contributed by atoms with Gasteiger partial charge in [-0.15, -0.1) is 13.8 Å². The predicted molar refractivity (Wildman–Crippen MR) is 89.2 cm³/mol. The maximum Gasteiger partial charge on any atom is 2.00 e. The number of hydrogen-bond acceptors (Lipinski definition) is 0. The van der Waals surface area contributed by atoms with Crippen LogP contribution in [-0.2, 0) is 36.5 Å². The molecule has 0 aliphatic heterocycles. The Balaban J connectivity index is 0. The molecule has 22 heavy (non-hydrogen) atoms. The molecule has 0 amide bonds. The van der Waals surface area contributed by atoms with Gasteiger partial charge in [-0.3, -0.25) is 12.2 Å². The van der Waals surface area contributed by atoms with Gasteiger partial charge in [-0.2, -0.15) is 22.3 Å². The SMILES string of the molecule is CC1=[C-]C(C)(C)C(C)=C1C.CC1=[C-]C(C)(C)C(C)=C1C.[Fe].[Ru+2]. The normalized spacial score (nSPS) is 21.4. The molecule has 0 saturated heterocycles. The van der Waals surface area contributed by atoms with Crippen LogP contribution in [0.25, 0.3) is 0 Å². The maximum atomic E-state index is 3.44. The molecule has 0 radical (unpaired) electrons. The van der Waals surface area contributed by atoms with Gasteiger partial charge in [0.15, 0.2) is 0 Å². The summed E-state index contributed by atoms with van der Waals surface area (Å²) in [6.07, 6.45) is 6.87.